The Balaban J connectivity index is 1.31. The van der Waals surface area contributed by atoms with Gasteiger partial charge in [0, 0.05) is 16.1 Å². The summed E-state index contributed by atoms with van der Waals surface area (Å²) in [6.45, 7) is -0.304. The summed E-state index contributed by atoms with van der Waals surface area (Å²) in [6, 6.07) is 22.8. The fourth-order valence-corrected chi connectivity index (χ4v) is 5.42. The number of carbonyl (C=O) groups is 1. The summed E-state index contributed by atoms with van der Waals surface area (Å²) < 4.78 is 32.3. The molecule has 0 unspecified atom stereocenters. The van der Waals surface area contributed by atoms with Gasteiger partial charge in [-0.15, -0.1) is 0 Å². The molecular weight excluding hydrogens is 702 g/mol. The third kappa shape index (κ3) is 6.15. The summed E-state index contributed by atoms with van der Waals surface area (Å²) in [5.41, 5.74) is 1.74. The fraction of sp³-hybridized carbons (Fsp3) is 0.0625. The van der Waals surface area contributed by atoms with Gasteiger partial charge in [0.1, 0.15) is 11.4 Å². The van der Waals surface area contributed by atoms with Gasteiger partial charge in [0.25, 0.3) is 11.5 Å². The van der Waals surface area contributed by atoms with Crippen molar-refractivity contribution in [3.63, 3.8) is 0 Å². The van der Waals surface area contributed by atoms with Gasteiger partial charge < -0.3 is 19.2 Å². The van der Waals surface area contributed by atoms with Crippen molar-refractivity contribution in [1.82, 2.24) is 9.66 Å². The average Bonchev–Trinajstić information content (AvgIpc) is 3.44. The Morgan fingerprint density at radius 2 is 1.91 bits per heavy atom. The maximum atomic E-state index is 13.6. The van der Waals surface area contributed by atoms with Crippen LogP contribution in [0.15, 0.2) is 99.2 Å². The molecule has 0 atom stereocenters. The first-order chi connectivity index (χ1) is 21.3. The molecule has 0 aliphatic rings. The smallest absolute Gasteiger partial charge is 0.282 e. The molecule has 0 aliphatic carbocycles. The first-order valence-corrected chi connectivity index (χ1v) is 14.6. The van der Waals surface area contributed by atoms with Crippen molar-refractivity contribution in [2.75, 3.05) is 19.0 Å². The molecule has 1 amide bonds. The van der Waals surface area contributed by atoms with Gasteiger partial charge >= 0.3 is 0 Å². The van der Waals surface area contributed by atoms with E-state index in [4.69, 9.17) is 30.5 Å². The van der Waals surface area contributed by atoms with Crippen molar-refractivity contribution in [3.05, 3.63) is 115 Å². The van der Waals surface area contributed by atoms with E-state index in [-0.39, 0.29) is 18.0 Å². The Bertz CT molecular complexity index is 2130. The highest BCUT2D eigenvalue weighted by molar-refractivity contribution is 14.1. The molecule has 1 N–H and O–H groups in total. The SMILES string of the molecule is COc1cc(C=Nn2c(-c3cc4cc(Cl)ccc4o3)nc3ccccc3c2=O)cc(I)c1OCC(=O)Nc1ccc(F)cc1. The number of amides is 1. The number of nitrogens with one attached hydrogen (secondary N) is 1. The summed E-state index contributed by atoms with van der Waals surface area (Å²) >= 11 is 8.22. The number of benzene rings is 4. The molecule has 9 nitrogen and oxygen atoms in total. The van der Waals surface area contributed by atoms with Gasteiger partial charge in [-0.1, -0.05) is 23.7 Å². The first kappa shape index (κ1) is 29.3. The molecule has 0 fully saturated rings. The highest BCUT2D eigenvalue weighted by Gasteiger charge is 2.18. The zero-order valence-electron chi connectivity index (χ0n) is 22.9. The van der Waals surface area contributed by atoms with Crippen LogP contribution in [-0.4, -0.2) is 35.5 Å². The zero-order valence-corrected chi connectivity index (χ0v) is 25.8. The molecule has 2 aromatic heterocycles. The van der Waals surface area contributed by atoms with Gasteiger partial charge in [-0.25, -0.2) is 9.37 Å². The number of hydrogen-bond acceptors (Lipinski definition) is 7. The predicted molar refractivity (Wildman–Crippen MR) is 175 cm³/mol. The lowest BCUT2D eigenvalue weighted by atomic mass is 10.2. The first-order valence-electron chi connectivity index (χ1n) is 13.1. The van der Waals surface area contributed by atoms with E-state index >= 15 is 0 Å². The molecule has 0 bridgehead atoms. The second-order valence-corrected chi connectivity index (χ2v) is 11.1. The third-order valence-electron chi connectivity index (χ3n) is 6.50. The van der Waals surface area contributed by atoms with E-state index in [1.54, 1.807) is 60.7 Å². The lowest BCUT2D eigenvalue weighted by Gasteiger charge is -2.13. The minimum Gasteiger partial charge on any atom is -0.493 e. The summed E-state index contributed by atoms with van der Waals surface area (Å²) in [5.74, 6) is 0.434. The lowest BCUT2D eigenvalue weighted by Crippen LogP contribution is -2.21. The largest absolute Gasteiger partial charge is 0.493 e. The number of hydrogen-bond donors (Lipinski definition) is 1. The molecule has 12 heteroatoms. The molecule has 6 rings (SSSR count). The number of halogens is 3. The molecule has 0 saturated heterocycles. The van der Waals surface area contributed by atoms with Crippen molar-refractivity contribution >= 4 is 73.9 Å². The summed E-state index contributed by atoms with van der Waals surface area (Å²) in [7, 11) is 1.47. The normalized spacial score (nSPS) is 11.4. The van der Waals surface area contributed by atoms with E-state index in [9.17, 15) is 14.0 Å². The van der Waals surface area contributed by atoms with Crippen LogP contribution in [0.2, 0.25) is 5.02 Å². The standard InChI is InChI=1S/C32H21ClFIN4O5/c1-42-27-13-18(12-24(35)30(27)43-17-29(40)37-22-9-7-21(34)8-10-22)16-36-39-31(38-25-5-3-2-4-23(25)32(39)41)28-15-19-14-20(33)6-11-26(19)44-28/h2-16H,17H2,1H3,(H,37,40). The maximum absolute atomic E-state index is 13.6. The van der Waals surface area contributed by atoms with Crippen LogP contribution in [0.5, 0.6) is 11.5 Å². The molecule has 0 saturated carbocycles. The van der Waals surface area contributed by atoms with E-state index in [1.807, 2.05) is 0 Å². The number of rotatable bonds is 8. The van der Waals surface area contributed by atoms with E-state index < -0.39 is 11.7 Å². The number of anilines is 1. The highest BCUT2D eigenvalue weighted by Crippen LogP contribution is 2.34. The van der Waals surface area contributed by atoms with Crippen LogP contribution >= 0.6 is 34.2 Å². The molecule has 220 valence electrons. The Labute approximate surface area is 268 Å². The van der Waals surface area contributed by atoms with Crippen LogP contribution in [0.1, 0.15) is 5.56 Å². The topological polar surface area (TPSA) is 108 Å². The van der Waals surface area contributed by atoms with Gasteiger partial charge in [-0.3, -0.25) is 9.59 Å². The summed E-state index contributed by atoms with van der Waals surface area (Å²) in [5, 5.41) is 8.85. The van der Waals surface area contributed by atoms with Crippen molar-refractivity contribution in [1.29, 1.82) is 0 Å². The van der Waals surface area contributed by atoms with Crippen molar-refractivity contribution in [2.45, 2.75) is 0 Å². The van der Waals surface area contributed by atoms with Gasteiger partial charge in [0.15, 0.2) is 23.9 Å². The third-order valence-corrected chi connectivity index (χ3v) is 7.54. The monoisotopic (exact) mass is 722 g/mol. The Hall–Kier alpha value is -4.75. The molecule has 6 aromatic rings. The molecule has 44 heavy (non-hydrogen) atoms. The van der Waals surface area contributed by atoms with Crippen LogP contribution < -0.4 is 20.3 Å². The molecular formula is C32H21ClFIN4O5. The van der Waals surface area contributed by atoms with Crippen LogP contribution in [0.25, 0.3) is 33.5 Å². The minimum absolute atomic E-state index is 0.214. The Kier molecular flexibility index (Phi) is 8.31. The predicted octanol–water partition coefficient (Wildman–Crippen LogP) is 7.12. The number of aromatic nitrogens is 2. The molecule has 0 spiro atoms. The van der Waals surface area contributed by atoms with Gasteiger partial charge in [0.05, 0.1) is 27.8 Å². The maximum Gasteiger partial charge on any atom is 0.282 e. The number of fused-ring (bicyclic) bond motifs is 2. The summed E-state index contributed by atoms with van der Waals surface area (Å²) in [4.78, 5) is 30.7. The number of nitrogens with zero attached hydrogens (tertiary/aromatic N) is 3. The lowest BCUT2D eigenvalue weighted by molar-refractivity contribution is -0.118. The Morgan fingerprint density at radius 3 is 2.70 bits per heavy atom. The number of para-hydroxylation sites is 1. The van der Waals surface area contributed by atoms with Gasteiger partial charge in [-0.2, -0.15) is 9.78 Å². The van der Waals surface area contributed by atoms with Crippen LogP contribution in [0.3, 0.4) is 0 Å². The molecule has 2 heterocycles. The fourth-order valence-electron chi connectivity index (χ4n) is 4.46. The quantitative estimate of drug-likeness (QED) is 0.133. The number of furan rings is 1. The number of carbonyl (C=O) groups excluding carboxylic acids is 1. The van der Waals surface area contributed by atoms with Crippen molar-refractivity contribution in [2.24, 2.45) is 5.10 Å². The van der Waals surface area contributed by atoms with Crippen LogP contribution in [0, 0.1) is 9.39 Å². The van der Waals surface area contributed by atoms with Gasteiger partial charge in [-0.05, 0) is 101 Å². The van der Waals surface area contributed by atoms with Crippen molar-refractivity contribution in [3.8, 4) is 23.1 Å². The molecule has 0 aliphatic heterocycles. The van der Waals surface area contributed by atoms with Crippen LogP contribution in [-0.2, 0) is 4.79 Å². The second kappa shape index (κ2) is 12.5. The average molecular weight is 723 g/mol. The van der Waals surface area contributed by atoms with Gasteiger partial charge in [0.2, 0.25) is 5.82 Å². The Morgan fingerprint density at radius 1 is 1.11 bits per heavy atom. The zero-order chi connectivity index (χ0) is 30.8. The van der Waals surface area contributed by atoms with E-state index in [2.05, 4.69) is 33.0 Å². The molecule has 0 radical (unpaired) electrons. The number of ether oxygens (including phenoxy) is 2. The number of methoxy groups -OCH3 is 1. The molecule has 4 aromatic carbocycles. The van der Waals surface area contributed by atoms with E-state index in [1.165, 1.54) is 42.3 Å². The highest BCUT2D eigenvalue weighted by atomic mass is 127. The van der Waals surface area contributed by atoms with E-state index in [0.29, 0.717) is 53.6 Å². The van der Waals surface area contributed by atoms with Crippen molar-refractivity contribution < 1.29 is 23.1 Å². The second-order valence-electron chi connectivity index (χ2n) is 9.48. The van der Waals surface area contributed by atoms with Crippen LogP contribution in [0.4, 0.5) is 10.1 Å². The minimum atomic E-state index is -0.427. The van der Waals surface area contributed by atoms with E-state index in [0.717, 1.165) is 5.39 Å². The summed E-state index contributed by atoms with van der Waals surface area (Å²) in [6.07, 6.45) is 1.50.